The maximum absolute atomic E-state index is 11.9. The first-order valence-electron chi connectivity index (χ1n) is 6.78. The molecule has 0 bridgehead atoms. The van der Waals surface area contributed by atoms with Crippen molar-refractivity contribution in [1.29, 1.82) is 5.26 Å². The van der Waals surface area contributed by atoms with E-state index < -0.39 is 0 Å². The minimum atomic E-state index is -0.200. The number of carbonyl (C=O) groups excluding carboxylic acids is 1. The van der Waals surface area contributed by atoms with Gasteiger partial charge < -0.3 is 10.6 Å². The molecule has 0 fully saturated rings. The number of amides is 2. The van der Waals surface area contributed by atoms with E-state index in [1.54, 1.807) is 18.2 Å². The largest absolute Gasteiger partial charge is 0.335 e. The number of hydrogen-bond acceptors (Lipinski definition) is 2. The third-order valence-electron chi connectivity index (χ3n) is 3.14. The number of rotatable bonds is 6. The third-order valence-corrected chi connectivity index (χ3v) is 3.14. The summed E-state index contributed by atoms with van der Waals surface area (Å²) >= 11 is 0. The smallest absolute Gasteiger partial charge is 0.315 e. The zero-order valence-corrected chi connectivity index (χ0v) is 12.0. The fraction of sp³-hybridized carbons (Fsp3) is 0.375. The zero-order chi connectivity index (χ0) is 15.0. The van der Waals surface area contributed by atoms with Crippen LogP contribution in [0.15, 0.2) is 36.9 Å². The summed E-state index contributed by atoms with van der Waals surface area (Å²) in [6, 6.07) is 9.09. The lowest BCUT2D eigenvalue weighted by molar-refractivity contribution is 0.233. The monoisotopic (exact) mass is 271 g/mol. The number of nitrogens with one attached hydrogen (secondary N) is 2. The van der Waals surface area contributed by atoms with Gasteiger partial charge in [-0.1, -0.05) is 25.1 Å². The molecule has 2 amide bonds. The average Bonchev–Trinajstić information content (AvgIpc) is 2.46. The fourth-order valence-electron chi connectivity index (χ4n) is 1.91. The number of benzene rings is 1. The Morgan fingerprint density at radius 1 is 1.50 bits per heavy atom. The molecule has 0 heterocycles. The van der Waals surface area contributed by atoms with Crippen molar-refractivity contribution in [1.82, 2.24) is 10.6 Å². The van der Waals surface area contributed by atoms with E-state index in [9.17, 15) is 4.79 Å². The van der Waals surface area contributed by atoms with Gasteiger partial charge in [-0.15, -0.1) is 6.58 Å². The van der Waals surface area contributed by atoms with E-state index in [2.05, 4.69) is 23.3 Å². The highest BCUT2D eigenvalue weighted by molar-refractivity contribution is 5.74. The molecule has 4 heteroatoms. The number of hydrogen-bond donors (Lipinski definition) is 2. The van der Waals surface area contributed by atoms with E-state index in [0.29, 0.717) is 5.56 Å². The Labute approximate surface area is 120 Å². The van der Waals surface area contributed by atoms with E-state index in [0.717, 1.165) is 18.4 Å². The standard InChI is InChI=1S/C16H21N3O/c1-4-7-15(5-2)19-16(20)18-12(3)14-9-6-8-13(10-14)11-17/h4,6,8-10,12,15H,1,5,7H2,2-3H3,(H2,18,19,20)/t12-,15+/m1/s1. The third kappa shape index (κ3) is 4.77. The SMILES string of the molecule is C=CC[C@H](CC)NC(=O)N[C@H](C)c1cccc(C#N)c1. The predicted molar refractivity (Wildman–Crippen MR) is 80.1 cm³/mol. The first-order valence-corrected chi connectivity index (χ1v) is 6.78. The van der Waals surface area contributed by atoms with Crippen LogP contribution in [-0.2, 0) is 0 Å². The number of urea groups is 1. The Morgan fingerprint density at radius 2 is 2.25 bits per heavy atom. The Morgan fingerprint density at radius 3 is 2.85 bits per heavy atom. The maximum atomic E-state index is 11.9. The average molecular weight is 271 g/mol. The lowest BCUT2D eigenvalue weighted by Crippen LogP contribution is -2.42. The molecule has 106 valence electrons. The van der Waals surface area contributed by atoms with Gasteiger partial charge in [0.15, 0.2) is 0 Å². The van der Waals surface area contributed by atoms with Crippen LogP contribution in [0.25, 0.3) is 0 Å². The quantitative estimate of drug-likeness (QED) is 0.780. The van der Waals surface area contributed by atoms with Gasteiger partial charge >= 0.3 is 6.03 Å². The highest BCUT2D eigenvalue weighted by Crippen LogP contribution is 2.13. The topological polar surface area (TPSA) is 64.9 Å². The highest BCUT2D eigenvalue weighted by Gasteiger charge is 2.12. The molecule has 1 aromatic rings. The molecule has 1 rings (SSSR count). The molecule has 0 aliphatic carbocycles. The van der Waals surface area contributed by atoms with E-state index in [1.807, 2.05) is 26.0 Å². The summed E-state index contributed by atoms with van der Waals surface area (Å²) in [6.45, 7) is 7.60. The van der Waals surface area contributed by atoms with Crippen LogP contribution in [0, 0.1) is 11.3 Å². The Hall–Kier alpha value is -2.28. The van der Waals surface area contributed by atoms with Gasteiger partial charge in [-0.2, -0.15) is 5.26 Å². The van der Waals surface area contributed by atoms with Crippen LogP contribution in [0.1, 0.15) is 43.9 Å². The molecule has 2 atom stereocenters. The minimum Gasteiger partial charge on any atom is -0.335 e. The van der Waals surface area contributed by atoms with Crippen LogP contribution in [0.2, 0.25) is 0 Å². The summed E-state index contributed by atoms with van der Waals surface area (Å²) in [4.78, 5) is 11.9. The molecule has 0 aliphatic rings. The van der Waals surface area contributed by atoms with Gasteiger partial charge in [-0.05, 0) is 37.5 Å². The van der Waals surface area contributed by atoms with Crippen LogP contribution >= 0.6 is 0 Å². The summed E-state index contributed by atoms with van der Waals surface area (Å²) in [5.74, 6) is 0. The molecule has 2 N–H and O–H groups in total. The van der Waals surface area contributed by atoms with E-state index in [4.69, 9.17) is 5.26 Å². The lowest BCUT2D eigenvalue weighted by Gasteiger charge is -2.19. The molecule has 0 aromatic heterocycles. The second-order valence-electron chi connectivity index (χ2n) is 4.71. The van der Waals surface area contributed by atoms with Crippen LogP contribution in [0.3, 0.4) is 0 Å². The van der Waals surface area contributed by atoms with Crippen LogP contribution in [-0.4, -0.2) is 12.1 Å². The van der Waals surface area contributed by atoms with Gasteiger partial charge in [0.25, 0.3) is 0 Å². The minimum absolute atomic E-state index is 0.102. The van der Waals surface area contributed by atoms with Gasteiger partial charge in [0.1, 0.15) is 0 Å². The molecule has 4 nitrogen and oxygen atoms in total. The van der Waals surface area contributed by atoms with E-state index in [1.165, 1.54) is 0 Å². The Balaban J connectivity index is 2.60. The molecule has 0 saturated carbocycles. The van der Waals surface area contributed by atoms with Gasteiger partial charge in [0.2, 0.25) is 0 Å². The van der Waals surface area contributed by atoms with Crippen molar-refractivity contribution < 1.29 is 4.79 Å². The second kappa shape index (κ2) is 8.00. The Bertz CT molecular complexity index is 505. The van der Waals surface area contributed by atoms with Gasteiger partial charge in [0.05, 0.1) is 17.7 Å². The van der Waals surface area contributed by atoms with E-state index >= 15 is 0 Å². The highest BCUT2D eigenvalue weighted by atomic mass is 16.2. The predicted octanol–water partition coefficient (Wildman–Crippen LogP) is 3.27. The molecular formula is C16H21N3O. The molecule has 1 aromatic carbocycles. The van der Waals surface area contributed by atoms with Crippen molar-refractivity contribution >= 4 is 6.03 Å². The van der Waals surface area contributed by atoms with Crippen molar-refractivity contribution in [2.45, 2.75) is 38.8 Å². The van der Waals surface area contributed by atoms with Gasteiger partial charge in [-0.25, -0.2) is 4.79 Å². The van der Waals surface area contributed by atoms with Crippen molar-refractivity contribution in [3.05, 3.63) is 48.0 Å². The Kier molecular flexibility index (Phi) is 6.31. The number of nitrogens with zero attached hydrogens (tertiary/aromatic N) is 1. The molecule has 0 unspecified atom stereocenters. The van der Waals surface area contributed by atoms with Crippen molar-refractivity contribution in [3.63, 3.8) is 0 Å². The summed E-state index contributed by atoms with van der Waals surface area (Å²) in [6.07, 6.45) is 3.41. The fourth-order valence-corrected chi connectivity index (χ4v) is 1.91. The van der Waals surface area contributed by atoms with E-state index in [-0.39, 0.29) is 18.1 Å². The van der Waals surface area contributed by atoms with Crippen LogP contribution in [0.4, 0.5) is 4.79 Å². The summed E-state index contributed by atoms with van der Waals surface area (Å²) < 4.78 is 0. The number of carbonyl (C=O) groups is 1. The molecule has 0 saturated heterocycles. The molecule has 0 radical (unpaired) electrons. The summed E-state index contributed by atoms with van der Waals surface area (Å²) in [5, 5.41) is 14.7. The first-order chi connectivity index (χ1) is 9.60. The van der Waals surface area contributed by atoms with Crippen molar-refractivity contribution in [2.24, 2.45) is 0 Å². The molecule has 20 heavy (non-hydrogen) atoms. The normalized spacial score (nSPS) is 12.8. The van der Waals surface area contributed by atoms with Crippen LogP contribution < -0.4 is 10.6 Å². The number of nitriles is 1. The molecule has 0 spiro atoms. The van der Waals surface area contributed by atoms with Gasteiger partial charge in [0, 0.05) is 6.04 Å². The van der Waals surface area contributed by atoms with Crippen LogP contribution in [0.5, 0.6) is 0 Å². The van der Waals surface area contributed by atoms with Crippen molar-refractivity contribution in [3.8, 4) is 6.07 Å². The zero-order valence-electron chi connectivity index (χ0n) is 12.0. The lowest BCUT2D eigenvalue weighted by atomic mass is 10.1. The first kappa shape index (κ1) is 15.8. The maximum Gasteiger partial charge on any atom is 0.315 e. The summed E-state index contributed by atoms with van der Waals surface area (Å²) in [5.41, 5.74) is 1.51. The summed E-state index contributed by atoms with van der Waals surface area (Å²) in [7, 11) is 0. The van der Waals surface area contributed by atoms with Gasteiger partial charge in [-0.3, -0.25) is 0 Å². The second-order valence-corrected chi connectivity index (χ2v) is 4.71. The molecule has 0 aliphatic heterocycles. The van der Waals surface area contributed by atoms with Crippen molar-refractivity contribution in [2.75, 3.05) is 0 Å². The molecular weight excluding hydrogens is 250 g/mol.